The molecule has 1 rings (SSSR count). The topological polar surface area (TPSA) is 107 Å². The van der Waals surface area contributed by atoms with E-state index in [4.69, 9.17) is 15.3 Å². The van der Waals surface area contributed by atoms with E-state index in [0.29, 0.717) is 0 Å². The molecule has 76 valence electrons. The summed E-state index contributed by atoms with van der Waals surface area (Å²) in [4.78, 5) is 10.8. The molecule has 0 aromatic carbocycles. The second-order valence-corrected chi connectivity index (χ2v) is 2.91. The van der Waals surface area contributed by atoms with Crippen molar-refractivity contribution in [2.75, 3.05) is 6.61 Å². The van der Waals surface area contributed by atoms with Gasteiger partial charge in [-0.25, -0.2) is 4.79 Å². The third-order valence-electron chi connectivity index (χ3n) is 1.98. The van der Waals surface area contributed by atoms with Crippen LogP contribution in [-0.4, -0.2) is 57.4 Å². The van der Waals surface area contributed by atoms with Crippen molar-refractivity contribution < 1.29 is 30.0 Å². The van der Waals surface area contributed by atoms with E-state index in [0.717, 1.165) is 0 Å². The Morgan fingerprint density at radius 1 is 1.23 bits per heavy atom. The monoisotopic (exact) mass is 192 g/mol. The van der Waals surface area contributed by atoms with Crippen LogP contribution in [0.3, 0.4) is 0 Å². The van der Waals surface area contributed by atoms with Crippen LogP contribution in [0.4, 0.5) is 0 Å². The molecule has 13 heavy (non-hydrogen) atoms. The highest BCUT2D eigenvalue weighted by Crippen LogP contribution is 2.18. The van der Waals surface area contributed by atoms with Crippen LogP contribution in [-0.2, 0) is 9.53 Å². The second-order valence-electron chi connectivity index (χ2n) is 2.91. The molecule has 0 bridgehead atoms. The van der Waals surface area contributed by atoms with Gasteiger partial charge in [-0.1, -0.05) is 0 Å². The Hall–Kier alpha value is -0.690. The quantitative estimate of drug-likeness (QED) is 0.357. The molecule has 0 spiro atoms. The van der Waals surface area contributed by atoms with Crippen LogP contribution in [0, 0.1) is 0 Å². The first-order chi connectivity index (χ1) is 6.07. The van der Waals surface area contributed by atoms with E-state index in [9.17, 15) is 9.90 Å². The van der Waals surface area contributed by atoms with Crippen molar-refractivity contribution in [2.24, 2.45) is 0 Å². The summed E-state index contributed by atoms with van der Waals surface area (Å²) >= 11 is 0. The fourth-order valence-electron chi connectivity index (χ4n) is 1.19. The SMILES string of the molecule is O=C1OC(CCO)C(O)C(O)C1O. The zero-order valence-corrected chi connectivity index (χ0v) is 6.83. The molecule has 0 aromatic rings. The third kappa shape index (κ3) is 1.97. The maximum Gasteiger partial charge on any atom is 0.338 e. The average molecular weight is 192 g/mol. The van der Waals surface area contributed by atoms with Crippen molar-refractivity contribution in [3.05, 3.63) is 0 Å². The molecular weight excluding hydrogens is 180 g/mol. The van der Waals surface area contributed by atoms with Gasteiger partial charge in [0.05, 0.1) is 0 Å². The lowest BCUT2D eigenvalue weighted by Crippen LogP contribution is -2.55. The van der Waals surface area contributed by atoms with Gasteiger partial charge < -0.3 is 25.2 Å². The zero-order chi connectivity index (χ0) is 10.0. The number of aliphatic hydroxyl groups excluding tert-OH is 4. The van der Waals surface area contributed by atoms with Crippen LogP contribution < -0.4 is 0 Å². The molecule has 6 nitrogen and oxygen atoms in total. The highest BCUT2D eigenvalue weighted by atomic mass is 16.6. The number of esters is 1. The van der Waals surface area contributed by atoms with E-state index in [-0.39, 0.29) is 13.0 Å². The minimum atomic E-state index is -1.70. The number of hydrogen-bond acceptors (Lipinski definition) is 6. The summed E-state index contributed by atoms with van der Waals surface area (Å²) in [6, 6.07) is 0. The Kier molecular flexibility index (Phi) is 3.21. The van der Waals surface area contributed by atoms with Crippen molar-refractivity contribution in [2.45, 2.75) is 30.8 Å². The minimum absolute atomic E-state index is 0.0384. The van der Waals surface area contributed by atoms with Gasteiger partial charge in [-0.2, -0.15) is 0 Å². The third-order valence-corrected chi connectivity index (χ3v) is 1.98. The van der Waals surface area contributed by atoms with E-state index < -0.39 is 30.4 Å². The Bertz CT molecular complexity index is 193. The molecule has 1 fully saturated rings. The molecule has 0 aliphatic carbocycles. The predicted octanol–water partition coefficient (Wildman–Crippen LogP) is -2.62. The number of ether oxygens (including phenoxy) is 1. The summed E-state index contributed by atoms with van der Waals surface area (Å²) in [5.41, 5.74) is 0. The normalized spacial score (nSPS) is 40.2. The summed E-state index contributed by atoms with van der Waals surface area (Å²) in [6.45, 7) is -0.266. The highest BCUT2D eigenvalue weighted by Gasteiger charge is 2.43. The molecule has 0 saturated carbocycles. The number of rotatable bonds is 2. The molecular formula is C7H12O6. The van der Waals surface area contributed by atoms with Crippen molar-refractivity contribution in [3.63, 3.8) is 0 Å². The van der Waals surface area contributed by atoms with Gasteiger partial charge in [0.15, 0.2) is 6.10 Å². The molecule has 1 aliphatic heterocycles. The van der Waals surface area contributed by atoms with Gasteiger partial charge >= 0.3 is 5.97 Å². The molecule has 4 N–H and O–H groups in total. The number of cyclic esters (lactones) is 1. The lowest BCUT2D eigenvalue weighted by molar-refractivity contribution is -0.203. The van der Waals surface area contributed by atoms with E-state index >= 15 is 0 Å². The van der Waals surface area contributed by atoms with Gasteiger partial charge in [-0.15, -0.1) is 0 Å². The number of hydrogen-bond donors (Lipinski definition) is 4. The maximum atomic E-state index is 10.8. The van der Waals surface area contributed by atoms with Crippen molar-refractivity contribution >= 4 is 5.97 Å². The fraction of sp³-hybridized carbons (Fsp3) is 0.857. The molecule has 6 heteroatoms. The Morgan fingerprint density at radius 2 is 1.85 bits per heavy atom. The molecule has 4 unspecified atom stereocenters. The van der Waals surface area contributed by atoms with E-state index in [1.165, 1.54) is 0 Å². The summed E-state index contributed by atoms with van der Waals surface area (Å²) in [5, 5.41) is 35.9. The van der Waals surface area contributed by atoms with Crippen molar-refractivity contribution in [1.29, 1.82) is 0 Å². The summed E-state index contributed by atoms with van der Waals surface area (Å²) < 4.78 is 4.56. The Balaban J connectivity index is 2.64. The van der Waals surface area contributed by atoms with Gasteiger partial charge in [-0.3, -0.25) is 0 Å². The van der Waals surface area contributed by atoms with Gasteiger partial charge in [0.1, 0.15) is 18.3 Å². The molecule has 0 amide bonds. The standard InChI is InChI=1S/C7H12O6/c8-2-1-3-4(9)5(10)6(11)7(12)13-3/h3-6,8-11H,1-2H2. The Labute approximate surface area is 74.4 Å². The maximum absolute atomic E-state index is 10.8. The summed E-state index contributed by atoms with van der Waals surface area (Å²) in [7, 11) is 0. The summed E-state index contributed by atoms with van der Waals surface area (Å²) in [5.74, 6) is -0.976. The first kappa shape index (κ1) is 10.4. The number of carbonyl (C=O) groups excluding carboxylic acids is 1. The van der Waals surface area contributed by atoms with Gasteiger partial charge in [-0.05, 0) is 0 Å². The van der Waals surface area contributed by atoms with E-state index in [2.05, 4.69) is 4.74 Å². The van der Waals surface area contributed by atoms with E-state index in [1.54, 1.807) is 0 Å². The smallest absolute Gasteiger partial charge is 0.338 e. The van der Waals surface area contributed by atoms with Crippen LogP contribution in [0.5, 0.6) is 0 Å². The lowest BCUT2D eigenvalue weighted by Gasteiger charge is -2.33. The highest BCUT2D eigenvalue weighted by molar-refractivity contribution is 5.76. The summed E-state index contributed by atoms with van der Waals surface area (Å²) in [6.07, 6.45) is -5.50. The van der Waals surface area contributed by atoms with Gasteiger partial charge in [0.25, 0.3) is 0 Å². The number of carbonyl (C=O) groups is 1. The first-order valence-electron chi connectivity index (χ1n) is 3.93. The van der Waals surface area contributed by atoms with Crippen LogP contribution in [0.15, 0.2) is 0 Å². The van der Waals surface area contributed by atoms with Crippen LogP contribution in [0.1, 0.15) is 6.42 Å². The second kappa shape index (κ2) is 4.01. The van der Waals surface area contributed by atoms with Crippen molar-refractivity contribution in [3.8, 4) is 0 Å². The largest absolute Gasteiger partial charge is 0.457 e. The molecule has 0 aromatic heterocycles. The molecule has 0 radical (unpaired) electrons. The first-order valence-corrected chi connectivity index (χ1v) is 3.93. The van der Waals surface area contributed by atoms with Crippen LogP contribution >= 0.6 is 0 Å². The van der Waals surface area contributed by atoms with Crippen LogP contribution in [0.25, 0.3) is 0 Å². The molecule has 4 atom stereocenters. The van der Waals surface area contributed by atoms with E-state index in [1.807, 2.05) is 0 Å². The lowest BCUT2D eigenvalue weighted by atomic mass is 9.98. The van der Waals surface area contributed by atoms with Crippen molar-refractivity contribution in [1.82, 2.24) is 0 Å². The predicted molar refractivity (Wildman–Crippen MR) is 39.6 cm³/mol. The molecule has 1 saturated heterocycles. The zero-order valence-electron chi connectivity index (χ0n) is 6.83. The van der Waals surface area contributed by atoms with Gasteiger partial charge in [0.2, 0.25) is 0 Å². The molecule has 1 heterocycles. The fourth-order valence-corrected chi connectivity index (χ4v) is 1.19. The Morgan fingerprint density at radius 3 is 2.38 bits per heavy atom. The van der Waals surface area contributed by atoms with Gasteiger partial charge in [0, 0.05) is 13.0 Å². The number of aliphatic hydroxyl groups is 4. The average Bonchev–Trinajstić information content (AvgIpc) is 2.11. The van der Waals surface area contributed by atoms with Crippen LogP contribution in [0.2, 0.25) is 0 Å². The minimum Gasteiger partial charge on any atom is -0.457 e. The molecule has 1 aliphatic rings.